The van der Waals surface area contributed by atoms with E-state index in [0.717, 1.165) is 11.3 Å². The third kappa shape index (κ3) is 5.29. The molecule has 4 rings (SSSR count). The molecule has 2 aromatic heterocycles. The molecule has 3 N–H and O–H groups in total. The quantitative estimate of drug-likeness (QED) is 0.419. The van der Waals surface area contributed by atoms with Gasteiger partial charge in [0.2, 0.25) is 0 Å². The molecule has 10 heteroatoms. The summed E-state index contributed by atoms with van der Waals surface area (Å²) < 4.78 is 14.6. The van der Waals surface area contributed by atoms with Gasteiger partial charge in [-0.2, -0.15) is 5.10 Å². The lowest BCUT2D eigenvalue weighted by atomic mass is 9.74. The Morgan fingerprint density at radius 3 is 2.67 bits per heavy atom. The standard InChI is InChI=1S/C23H24Cl2FN5O2/c1-14-11-20(30-29-14)28-19-6-5-17(26)18(27-19)12-23(22(32)33)7-9-31(10-8-23)13-15-3-2-4-16(24)21(15)25/h2-6,11H,7-10,12-13H2,1H3,(H,32,33)(H2,27,28,29,30). The Kier molecular flexibility index (Phi) is 6.88. The highest BCUT2D eigenvalue weighted by atomic mass is 35.5. The van der Waals surface area contributed by atoms with Crippen LogP contribution in [-0.4, -0.2) is 44.2 Å². The molecule has 7 nitrogen and oxygen atoms in total. The number of aryl methyl sites for hydroxylation is 1. The summed E-state index contributed by atoms with van der Waals surface area (Å²) in [4.78, 5) is 18.8. The van der Waals surface area contributed by atoms with Crippen LogP contribution in [0.5, 0.6) is 0 Å². The predicted molar refractivity (Wildman–Crippen MR) is 126 cm³/mol. The maximum absolute atomic E-state index is 14.6. The smallest absolute Gasteiger partial charge is 0.310 e. The molecule has 0 atom stereocenters. The van der Waals surface area contributed by atoms with Crippen molar-refractivity contribution in [1.82, 2.24) is 20.1 Å². The molecule has 1 aliphatic rings. The number of carboxylic acids is 1. The first-order valence-electron chi connectivity index (χ1n) is 10.6. The second-order valence-corrected chi connectivity index (χ2v) is 9.22. The minimum absolute atomic E-state index is 0.00897. The molecule has 3 heterocycles. The van der Waals surface area contributed by atoms with E-state index in [9.17, 15) is 14.3 Å². The normalized spacial score (nSPS) is 16.0. The average Bonchev–Trinajstić information content (AvgIpc) is 3.19. The Morgan fingerprint density at radius 2 is 2.00 bits per heavy atom. The van der Waals surface area contributed by atoms with Gasteiger partial charge < -0.3 is 10.4 Å². The zero-order valence-electron chi connectivity index (χ0n) is 18.0. The summed E-state index contributed by atoms with van der Waals surface area (Å²) in [5.41, 5.74) is 0.799. The van der Waals surface area contributed by atoms with Gasteiger partial charge in [0.15, 0.2) is 5.82 Å². The van der Waals surface area contributed by atoms with E-state index >= 15 is 0 Å². The number of aromatic nitrogens is 3. The van der Waals surface area contributed by atoms with Crippen LogP contribution in [-0.2, 0) is 17.8 Å². The van der Waals surface area contributed by atoms with Crippen LogP contribution in [0.15, 0.2) is 36.4 Å². The Balaban J connectivity index is 1.47. The van der Waals surface area contributed by atoms with Crippen molar-refractivity contribution in [3.63, 3.8) is 0 Å². The molecule has 0 saturated carbocycles. The van der Waals surface area contributed by atoms with E-state index in [0.29, 0.717) is 54.2 Å². The van der Waals surface area contributed by atoms with Crippen molar-refractivity contribution >= 4 is 40.8 Å². The Hall–Kier alpha value is -2.68. The summed E-state index contributed by atoms with van der Waals surface area (Å²) in [6.07, 6.45) is 0.755. The molecule has 33 heavy (non-hydrogen) atoms. The molecule has 0 spiro atoms. The van der Waals surface area contributed by atoms with Crippen molar-refractivity contribution in [2.75, 3.05) is 18.4 Å². The monoisotopic (exact) mass is 491 g/mol. The minimum atomic E-state index is -1.09. The summed E-state index contributed by atoms with van der Waals surface area (Å²) >= 11 is 12.4. The van der Waals surface area contributed by atoms with Crippen LogP contribution in [0.4, 0.5) is 16.0 Å². The zero-order valence-corrected chi connectivity index (χ0v) is 19.5. The van der Waals surface area contributed by atoms with Gasteiger partial charge in [0, 0.05) is 24.7 Å². The van der Waals surface area contributed by atoms with Crippen LogP contribution in [0.1, 0.15) is 29.8 Å². The fourth-order valence-electron chi connectivity index (χ4n) is 4.13. The molecule has 0 radical (unpaired) electrons. The molecule has 0 amide bonds. The van der Waals surface area contributed by atoms with E-state index in [4.69, 9.17) is 23.2 Å². The molecule has 1 aromatic carbocycles. The summed E-state index contributed by atoms with van der Waals surface area (Å²) in [7, 11) is 0. The molecule has 174 valence electrons. The van der Waals surface area contributed by atoms with E-state index < -0.39 is 17.2 Å². The number of halogens is 3. The first kappa shape index (κ1) is 23.5. The van der Waals surface area contributed by atoms with Gasteiger partial charge in [-0.1, -0.05) is 35.3 Å². The molecule has 0 bridgehead atoms. The van der Waals surface area contributed by atoms with Gasteiger partial charge in [0.1, 0.15) is 11.6 Å². The fourth-order valence-corrected chi connectivity index (χ4v) is 4.51. The van der Waals surface area contributed by atoms with Crippen molar-refractivity contribution in [1.29, 1.82) is 0 Å². The highest BCUT2D eigenvalue weighted by molar-refractivity contribution is 6.42. The van der Waals surface area contributed by atoms with E-state index in [1.807, 2.05) is 19.1 Å². The summed E-state index contributed by atoms with van der Waals surface area (Å²) in [5.74, 6) is -0.497. The van der Waals surface area contributed by atoms with Crippen LogP contribution in [0.3, 0.4) is 0 Å². The third-order valence-corrected chi connectivity index (χ3v) is 6.94. The number of aromatic amines is 1. The predicted octanol–water partition coefficient (Wildman–Crippen LogP) is 5.21. The first-order chi connectivity index (χ1) is 15.8. The zero-order chi connectivity index (χ0) is 23.6. The highest BCUT2D eigenvalue weighted by Gasteiger charge is 2.42. The number of carboxylic acid groups (broad SMARTS) is 1. The first-order valence-corrected chi connectivity index (χ1v) is 11.3. The third-order valence-electron chi connectivity index (χ3n) is 6.08. The Bertz CT molecular complexity index is 1160. The van der Waals surface area contributed by atoms with E-state index in [1.165, 1.54) is 12.1 Å². The minimum Gasteiger partial charge on any atom is -0.481 e. The van der Waals surface area contributed by atoms with Gasteiger partial charge in [-0.15, -0.1) is 0 Å². The lowest BCUT2D eigenvalue weighted by Gasteiger charge is -2.39. The topological polar surface area (TPSA) is 94.1 Å². The van der Waals surface area contributed by atoms with Crippen LogP contribution >= 0.6 is 23.2 Å². The number of hydrogen-bond donors (Lipinski definition) is 3. The van der Waals surface area contributed by atoms with Crippen molar-refractivity contribution in [2.24, 2.45) is 5.41 Å². The number of carbonyl (C=O) groups is 1. The van der Waals surface area contributed by atoms with Crippen molar-refractivity contribution in [3.8, 4) is 0 Å². The lowest BCUT2D eigenvalue weighted by Crippen LogP contribution is -2.45. The largest absolute Gasteiger partial charge is 0.481 e. The van der Waals surface area contributed by atoms with Crippen LogP contribution in [0, 0.1) is 18.2 Å². The van der Waals surface area contributed by atoms with Crippen molar-refractivity contribution < 1.29 is 14.3 Å². The number of hydrogen-bond acceptors (Lipinski definition) is 5. The molecular formula is C23H24Cl2FN5O2. The van der Waals surface area contributed by atoms with Crippen LogP contribution in [0.25, 0.3) is 0 Å². The Labute approximate surface area is 200 Å². The molecule has 0 aliphatic carbocycles. The van der Waals surface area contributed by atoms with Crippen molar-refractivity contribution in [2.45, 2.75) is 32.7 Å². The Morgan fingerprint density at radius 1 is 1.24 bits per heavy atom. The van der Waals surface area contributed by atoms with E-state index in [-0.39, 0.29) is 12.1 Å². The number of rotatable bonds is 7. The van der Waals surface area contributed by atoms with E-state index in [1.54, 1.807) is 12.1 Å². The molecule has 1 saturated heterocycles. The van der Waals surface area contributed by atoms with Crippen LogP contribution in [0.2, 0.25) is 10.0 Å². The molecule has 1 fully saturated rings. The van der Waals surface area contributed by atoms with Gasteiger partial charge in [-0.3, -0.25) is 14.8 Å². The number of H-pyrrole nitrogens is 1. The van der Waals surface area contributed by atoms with Gasteiger partial charge >= 0.3 is 5.97 Å². The number of likely N-dealkylation sites (tertiary alicyclic amines) is 1. The number of pyridine rings is 1. The maximum Gasteiger partial charge on any atom is 0.310 e. The second kappa shape index (κ2) is 9.67. The van der Waals surface area contributed by atoms with Gasteiger partial charge in [0.25, 0.3) is 0 Å². The molecule has 0 unspecified atom stereocenters. The summed E-state index contributed by atoms with van der Waals surface area (Å²) in [6.45, 7) is 3.53. The lowest BCUT2D eigenvalue weighted by molar-refractivity contribution is -0.152. The summed E-state index contributed by atoms with van der Waals surface area (Å²) in [6, 6.07) is 10.1. The number of nitrogens with zero attached hydrogens (tertiary/aromatic N) is 3. The fraction of sp³-hybridized carbons (Fsp3) is 0.348. The van der Waals surface area contributed by atoms with Gasteiger partial charge in [0.05, 0.1) is 21.2 Å². The average molecular weight is 492 g/mol. The number of aliphatic carboxylic acids is 1. The highest BCUT2D eigenvalue weighted by Crippen LogP contribution is 2.37. The number of piperidine rings is 1. The molecular weight excluding hydrogens is 468 g/mol. The number of benzene rings is 1. The van der Waals surface area contributed by atoms with Crippen LogP contribution < -0.4 is 5.32 Å². The van der Waals surface area contributed by atoms with Gasteiger partial charge in [-0.05, 0) is 56.6 Å². The summed E-state index contributed by atoms with van der Waals surface area (Å²) in [5, 5.41) is 21.0. The molecule has 1 aliphatic heterocycles. The SMILES string of the molecule is Cc1cc(Nc2ccc(F)c(CC3(C(=O)O)CCN(Cc4cccc(Cl)c4Cl)CC3)n2)n[nH]1. The maximum atomic E-state index is 14.6. The van der Waals surface area contributed by atoms with Gasteiger partial charge in [-0.25, -0.2) is 9.37 Å². The number of anilines is 2. The van der Waals surface area contributed by atoms with Crippen molar-refractivity contribution in [3.05, 3.63) is 69.2 Å². The number of nitrogens with one attached hydrogen (secondary N) is 2. The second-order valence-electron chi connectivity index (χ2n) is 8.44. The van der Waals surface area contributed by atoms with E-state index in [2.05, 4.69) is 25.4 Å². The molecule has 3 aromatic rings.